The number of hydrogen-bond acceptors (Lipinski definition) is 3. The zero-order chi connectivity index (χ0) is 14.9. The molecule has 0 aliphatic heterocycles. The summed E-state index contributed by atoms with van der Waals surface area (Å²) in [5.74, 6) is 0.355. The molecule has 22 heavy (non-hydrogen) atoms. The first-order valence-electron chi connectivity index (χ1n) is 7.51. The summed E-state index contributed by atoms with van der Waals surface area (Å²) in [6, 6.07) is 15.6. The van der Waals surface area contributed by atoms with Gasteiger partial charge in [-0.1, -0.05) is 24.3 Å². The van der Waals surface area contributed by atoms with E-state index in [-0.39, 0.29) is 5.91 Å². The maximum absolute atomic E-state index is 12.8. The van der Waals surface area contributed by atoms with Crippen molar-refractivity contribution in [2.45, 2.75) is 25.4 Å². The molecule has 0 saturated heterocycles. The zero-order valence-corrected chi connectivity index (χ0v) is 12.1. The number of amides is 1. The Kier molecular flexibility index (Phi) is 3.15. The molecular weight excluding hydrogens is 276 g/mol. The first kappa shape index (κ1) is 13.1. The predicted molar refractivity (Wildman–Crippen MR) is 83.3 cm³/mol. The lowest BCUT2D eigenvalue weighted by atomic mass is 10.2. The van der Waals surface area contributed by atoms with Crippen molar-refractivity contribution < 1.29 is 9.21 Å². The molecule has 1 aromatic carbocycles. The fraction of sp³-hybridized carbons (Fsp3) is 0.222. The molecule has 1 fully saturated rings. The normalized spacial score (nSPS) is 14.2. The number of fused-ring (bicyclic) bond motifs is 1. The van der Waals surface area contributed by atoms with Crippen molar-refractivity contribution in [3.05, 3.63) is 66.2 Å². The van der Waals surface area contributed by atoms with Crippen LogP contribution in [0.5, 0.6) is 0 Å². The van der Waals surface area contributed by atoms with Crippen molar-refractivity contribution in [3.8, 4) is 0 Å². The van der Waals surface area contributed by atoms with E-state index < -0.39 is 0 Å². The van der Waals surface area contributed by atoms with Gasteiger partial charge in [0.15, 0.2) is 5.76 Å². The van der Waals surface area contributed by atoms with Crippen LogP contribution in [-0.4, -0.2) is 21.8 Å². The molecule has 3 aromatic rings. The third-order valence-electron chi connectivity index (χ3n) is 3.94. The number of aromatic nitrogens is 1. The molecule has 0 atom stereocenters. The molecule has 2 aromatic heterocycles. The number of carbonyl (C=O) groups excluding carboxylic acids is 1. The monoisotopic (exact) mass is 292 g/mol. The number of furan rings is 1. The van der Waals surface area contributed by atoms with E-state index in [0.29, 0.717) is 18.3 Å². The molecule has 2 heterocycles. The minimum absolute atomic E-state index is 0.0515. The van der Waals surface area contributed by atoms with E-state index in [2.05, 4.69) is 4.98 Å². The average molecular weight is 292 g/mol. The van der Waals surface area contributed by atoms with E-state index in [1.807, 2.05) is 53.4 Å². The third kappa shape index (κ3) is 2.48. The standard InChI is InChI=1S/C18H16N2O2/c21-18(17-11-13-5-1-2-7-16(13)22-17)20(15-8-9-15)12-14-6-3-4-10-19-14/h1-7,10-11,15H,8-9,12H2. The Morgan fingerprint density at radius 2 is 2.00 bits per heavy atom. The molecule has 0 unspecified atom stereocenters. The van der Waals surface area contributed by atoms with Crippen LogP contribution >= 0.6 is 0 Å². The molecule has 0 bridgehead atoms. The minimum Gasteiger partial charge on any atom is -0.451 e. The number of carbonyl (C=O) groups is 1. The first-order chi connectivity index (χ1) is 10.8. The molecule has 4 nitrogen and oxygen atoms in total. The Morgan fingerprint density at radius 3 is 2.73 bits per heavy atom. The summed E-state index contributed by atoms with van der Waals surface area (Å²) in [4.78, 5) is 19.0. The van der Waals surface area contributed by atoms with E-state index in [0.717, 1.165) is 29.5 Å². The van der Waals surface area contributed by atoms with E-state index in [9.17, 15) is 4.79 Å². The molecule has 4 rings (SSSR count). The van der Waals surface area contributed by atoms with Gasteiger partial charge < -0.3 is 9.32 Å². The highest BCUT2D eigenvalue weighted by Gasteiger charge is 2.34. The van der Waals surface area contributed by atoms with Gasteiger partial charge in [0.1, 0.15) is 5.58 Å². The second-order valence-electron chi connectivity index (χ2n) is 5.63. The van der Waals surface area contributed by atoms with Crippen molar-refractivity contribution in [2.75, 3.05) is 0 Å². The smallest absolute Gasteiger partial charge is 0.290 e. The quantitative estimate of drug-likeness (QED) is 0.737. The summed E-state index contributed by atoms with van der Waals surface area (Å²) in [6.45, 7) is 0.529. The van der Waals surface area contributed by atoms with Gasteiger partial charge in [-0.15, -0.1) is 0 Å². The van der Waals surface area contributed by atoms with Gasteiger partial charge in [-0.25, -0.2) is 0 Å². The average Bonchev–Trinajstić information content (AvgIpc) is 3.30. The van der Waals surface area contributed by atoms with E-state index in [4.69, 9.17) is 4.42 Å². The lowest BCUT2D eigenvalue weighted by molar-refractivity contribution is 0.0697. The van der Waals surface area contributed by atoms with Gasteiger partial charge in [0.2, 0.25) is 0 Å². The van der Waals surface area contributed by atoms with Gasteiger partial charge in [-0.05, 0) is 37.1 Å². The van der Waals surface area contributed by atoms with Gasteiger partial charge in [-0.3, -0.25) is 9.78 Å². The largest absolute Gasteiger partial charge is 0.451 e. The summed E-state index contributed by atoms with van der Waals surface area (Å²) in [5.41, 5.74) is 1.65. The Morgan fingerprint density at radius 1 is 1.18 bits per heavy atom. The van der Waals surface area contributed by atoms with Crippen LogP contribution in [0.3, 0.4) is 0 Å². The van der Waals surface area contributed by atoms with Gasteiger partial charge in [0.05, 0.1) is 12.2 Å². The van der Waals surface area contributed by atoms with Crippen LogP contribution in [0, 0.1) is 0 Å². The molecule has 1 saturated carbocycles. The topological polar surface area (TPSA) is 46.3 Å². The van der Waals surface area contributed by atoms with Crippen molar-refractivity contribution in [3.63, 3.8) is 0 Å². The second-order valence-corrected chi connectivity index (χ2v) is 5.63. The third-order valence-corrected chi connectivity index (χ3v) is 3.94. The lowest BCUT2D eigenvalue weighted by Gasteiger charge is -2.20. The lowest BCUT2D eigenvalue weighted by Crippen LogP contribution is -2.32. The number of nitrogens with zero attached hydrogens (tertiary/aromatic N) is 2. The van der Waals surface area contributed by atoms with Crippen LogP contribution in [0.2, 0.25) is 0 Å². The van der Waals surface area contributed by atoms with Crippen molar-refractivity contribution >= 4 is 16.9 Å². The van der Waals surface area contributed by atoms with Gasteiger partial charge >= 0.3 is 0 Å². The summed E-state index contributed by atoms with van der Waals surface area (Å²) in [5, 5.41) is 0.958. The first-order valence-corrected chi connectivity index (χ1v) is 7.51. The second kappa shape index (κ2) is 5.30. The molecule has 4 heteroatoms. The highest BCUT2D eigenvalue weighted by atomic mass is 16.3. The van der Waals surface area contributed by atoms with Crippen LogP contribution in [0.25, 0.3) is 11.0 Å². The predicted octanol–water partition coefficient (Wildman–Crippen LogP) is 3.63. The van der Waals surface area contributed by atoms with E-state index in [1.54, 1.807) is 6.20 Å². The minimum atomic E-state index is -0.0515. The SMILES string of the molecule is O=C(c1cc2ccccc2o1)N(Cc1ccccn1)C1CC1. The van der Waals surface area contributed by atoms with Crippen LogP contribution in [0.15, 0.2) is 59.1 Å². The van der Waals surface area contributed by atoms with E-state index in [1.165, 1.54) is 0 Å². The fourth-order valence-electron chi connectivity index (χ4n) is 2.65. The van der Waals surface area contributed by atoms with E-state index >= 15 is 0 Å². The summed E-state index contributed by atoms with van der Waals surface area (Å²) in [7, 11) is 0. The molecule has 0 spiro atoms. The fourth-order valence-corrected chi connectivity index (χ4v) is 2.65. The summed E-state index contributed by atoms with van der Waals surface area (Å²) < 4.78 is 5.71. The molecular formula is C18H16N2O2. The number of rotatable bonds is 4. The maximum atomic E-state index is 12.8. The molecule has 0 radical (unpaired) electrons. The van der Waals surface area contributed by atoms with Gasteiger partial charge in [0.25, 0.3) is 5.91 Å². The molecule has 1 aliphatic carbocycles. The van der Waals surface area contributed by atoms with Crippen molar-refractivity contribution in [2.24, 2.45) is 0 Å². The van der Waals surface area contributed by atoms with Crippen LogP contribution < -0.4 is 0 Å². The van der Waals surface area contributed by atoms with Crippen molar-refractivity contribution in [1.82, 2.24) is 9.88 Å². The number of hydrogen-bond donors (Lipinski definition) is 0. The maximum Gasteiger partial charge on any atom is 0.290 e. The molecule has 1 aliphatic rings. The van der Waals surface area contributed by atoms with Crippen LogP contribution in [0.4, 0.5) is 0 Å². The molecule has 0 N–H and O–H groups in total. The Labute approximate surface area is 128 Å². The number of pyridine rings is 1. The number of benzene rings is 1. The summed E-state index contributed by atoms with van der Waals surface area (Å²) in [6.07, 6.45) is 3.86. The highest BCUT2D eigenvalue weighted by molar-refractivity contribution is 5.96. The van der Waals surface area contributed by atoms with Crippen molar-refractivity contribution in [1.29, 1.82) is 0 Å². The molecule has 1 amide bonds. The number of para-hydroxylation sites is 1. The zero-order valence-electron chi connectivity index (χ0n) is 12.1. The Balaban J connectivity index is 1.63. The molecule has 110 valence electrons. The van der Waals surface area contributed by atoms with Crippen LogP contribution in [0.1, 0.15) is 29.1 Å². The van der Waals surface area contributed by atoms with Gasteiger partial charge in [-0.2, -0.15) is 0 Å². The highest BCUT2D eigenvalue weighted by Crippen LogP contribution is 2.30. The van der Waals surface area contributed by atoms with Gasteiger partial charge in [0, 0.05) is 17.6 Å². The summed E-state index contributed by atoms with van der Waals surface area (Å²) >= 11 is 0. The Hall–Kier alpha value is -2.62. The Bertz CT molecular complexity index is 773. The van der Waals surface area contributed by atoms with Crippen LogP contribution in [-0.2, 0) is 6.54 Å².